The molecule has 1 amide bonds. The molecule has 0 aliphatic heterocycles. The number of nitrogens with one attached hydrogen (secondary N) is 1. The van der Waals surface area contributed by atoms with Crippen LogP contribution < -0.4 is 5.32 Å². The molecule has 0 aliphatic carbocycles. The number of esters is 1. The lowest BCUT2D eigenvalue weighted by Gasteiger charge is -2.08. The summed E-state index contributed by atoms with van der Waals surface area (Å²) in [7, 11) is 1.34. The molecule has 0 saturated heterocycles. The summed E-state index contributed by atoms with van der Waals surface area (Å²) >= 11 is 1.38. The Balaban J connectivity index is 2.01. The summed E-state index contributed by atoms with van der Waals surface area (Å²) in [5.41, 5.74) is 1.83. The lowest BCUT2D eigenvalue weighted by Crippen LogP contribution is -2.14. The van der Waals surface area contributed by atoms with Crippen LogP contribution in [0.5, 0.6) is 0 Å². The maximum absolute atomic E-state index is 12.8. The van der Waals surface area contributed by atoms with Gasteiger partial charge in [0, 0.05) is 10.4 Å². The highest BCUT2D eigenvalue weighted by Crippen LogP contribution is 2.33. The Labute approximate surface area is 144 Å². The standard InChI is InChI=1S/C19H17NO3S/c1-11-12(2)24-18(16(11)19(22)23-3)20-17(21)15-10-6-8-13-7-4-5-9-14(13)15/h4-10H,1-3H3,(H,20,21). The van der Waals surface area contributed by atoms with Crippen LogP contribution in [0, 0.1) is 13.8 Å². The third-order valence-corrected chi connectivity index (χ3v) is 5.16. The quantitative estimate of drug-likeness (QED) is 0.712. The van der Waals surface area contributed by atoms with Crippen molar-refractivity contribution in [2.45, 2.75) is 13.8 Å². The SMILES string of the molecule is COC(=O)c1c(NC(=O)c2cccc3ccccc23)sc(C)c1C. The minimum Gasteiger partial charge on any atom is -0.465 e. The summed E-state index contributed by atoms with van der Waals surface area (Å²) in [6, 6.07) is 13.3. The van der Waals surface area contributed by atoms with Gasteiger partial charge in [-0.1, -0.05) is 36.4 Å². The molecule has 0 bridgehead atoms. The van der Waals surface area contributed by atoms with Gasteiger partial charge in [0.2, 0.25) is 0 Å². The first-order valence-electron chi connectivity index (χ1n) is 7.50. The van der Waals surface area contributed by atoms with E-state index in [-0.39, 0.29) is 5.91 Å². The molecule has 3 aromatic rings. The zero-order chi connectivity index (χ0) is 17.3. The first-order valence-corrected chi connectivity index (χ1v) is 8.32. The van der Waals surface area contributed by atoms with Crippen molar-refractivity contribution in [2.75, 3.05) is 12.4 Å². The van der Waals surface area contributed by atoms with Crippen LogP contribution >= 0.6 is 11.3 Å². The summed E-state index contributed by atoms with van der Waals surface area (Å²) in [6.45, 7) is 3.77. The second-order valence-electron chi connectivity index (χ2n) is 5.46. The van der Waals surface area contributed by atoms with Crippen molar-refractivity contribution in [1.29, 1.82) is 0 Å². The molecule has 1 heterocycles. The molecule has 2 aromatic carbocycles. The van der Waals surface area contributed by atoms with E-state index < -0.39 is 5.97 Å². The average molecular weight is 339 g/mol. The molecule has 0 saturated carbocycles. The second-order valence-corrected chi connectivity index (χ2v) is 6.68. The van der Waals surface area contributed by atoms with E-state index in [1.165, 1.54) is 18.4 Å². The minimum atomic E-state index is -0.440. The van der Waals surface area contributed by atoms with E-state index in [9.17, 15) is 9.59 Å². The molecule has 0 atom stereocenters. The molecular formula is C19H17NO3S. The first-order chi connectivity index (χ1) is 11.5. The van der Waals surface area contributed by atoms with Crippen LogP contribution in [0.4, 0.5) is 5.00 Å². The fourth-order valence-corrected chi connectivity index (χ4v) is 3.70. The molecule has 0 fully saturated rings. The first kappa shape index (κ1) is 16.2. The number of hydrogen-bond acceptors (Lipinski definition) is 4. The number of carbonyl (C=O) groups is 2. The molecule has 0 aliphatic rings. The van der Waals surface area contributed by atoms with Gasteiger partial charge in [-0.2, -0.15) is 0 Å². The van der Waals surface area contributed by atoms with E-state index >= 15 is 0 Å². The van der Waals surface area contributed by atoms with Crippen molar-refractivity contribution in [3.8, 4) is 0 Å². The number of methoxy groups -OCH3 is 1. The van der Waals surface area contributed by atoms with Crippen molar-refractivity contribution < 1.29 is 14.3 Å². The summed E-state index contributed by atoms with van der Waals surface area (Å²) in [5, 5.41) is 5.27. The van der Waals surface area contributed by atoms with Crippen LogP contribution in [-0.4, -0.2) is 19.0 Å². The number of rotatable bonds is 3. The van der Waals surface area contributed by atoms with Crippen LogP contribution in [-0.2, 0) is 4.74 Å². The van der Waals surface area contributed by atoms with Gasteiger partial charge < -0.3 is 10.1 Å². The van der Waals surface area contributed by atoms with Gasteiger partial charge in [-0.25, -0.2) is 4.79 Å². The summed E-state index contributed by atoms with van der Waals surface area (Å²) in [5.74, 6) is -0.678. The predicted molar refractivity (Wildman–Crippen MR) is 97.0 cm³/mol. The summed E-state index contributed by atoms with van der Waals surface area (Å²) < 4.78 is 4.85. The molecule has 0 spiro atoms. The highest BCUT2D eigenvalue weighted by molar-refractivity contribution is 7.16. The van der Waals surface area contributed by atoms with E-state index in [1.54, 1.807) is 6.07 Å². The summed E-state index contributed by atoms with van der Waals surface area (Å²) in [6.07, 6.45) is 0. The Kier molecular flexibility index (Phi) is 4.36. The Morgan fingerprint density at radius 3 is 2.50 bits per heavy atom. The Morgan fingerprint density at radius 2 is 1.75 bits per heavy atom. The van der Waals surface area contributed by atoms with Gasteiger partial charge in [0.1, 0.15) is 5.00 Å². The van der Waals surface area contributed by atoms with Gasteiger partial charge in [0.05, 0.1) is 12.7 Å². The predicted octanol–water partition coefficient (Wildman–Crippen LogP) is 4.56. The van der Waals surface area contributed by atoms with Crippen molar-refractivity contribution >= 4 is 39.0 Å². The molecule has 24 heavy (non-hydrogen) atoms. The lowest BCUT2D eigenvalue weighted by molar-refractivity contribution is 0.0601. The fourth-order valence-electron chi connectivity index (χ4n) is 2.66. The zero-order valence-corrected chi connectivity index (χ0v) is 14.5. The third-order valence-electron chi connectivity index (χ3n) is 4.04. The second kappa shape index (κ2) is 6.45. The molecule has 4 nitrogen and oxygen atoms in total. The van der Waals surface area contributed by atoms with E-state index in [1.807, 2.05) is 50.2 Å². The van der Waals surface area contributed by atoms with Gasteiger partial charge in [0.25, 0.3) is 5.91 Å². The monoisotopic (exact) mass is 339 g/mol. The van der Waals surface area contributed by atoms with Crippen molar-refractivity contribution in [3.05, 3.63) is 64.0 Å². The Bertz CT molecular complexity index is 938. The molecule has 1 N–H and O–H groups in total. The minimum absolute atomic E-state index is 0.238. The van der Waals surface area contributed by atoms with Crippen LogP contribution in [0.15, 0.2) is 42.5 Å². The molecule has 0 unspecified atom stereocenters. The highest BCUT2D eigenvalue weighted by Gasteiger charge is 2.22. The fraction of sp³-hybridized carbons (Fsp3) is 0.158. The van der Waals surface area contributed by atoms with Gasteiger partial charge in [-0.3, -0.25) is 4.79 Å². The van der Waals surface area contributed by atoms with Gasteiger partial charge in [0.15, 0.2) is 0 Å². The van der Waals surface area contributed by atoms with Crippen molar-refractivity contribution in [2.24, 2.45) is 0 Å². The van der Waals surface area contributed by atoms with Crippen LogP contribution in [0.3, 0.4) is 0 Å². The largest absolute Gasteiger partial charge is 0.465 e. The molecule has 122 valence electrons. The van der Waals surface area contributed by atoms with Crippen LogP contribution in [0.25, 0.3) is 10.8 Å². The number of ether oxygens (including phenoxy) is 1. The number of anilines is 1. The molecule has 3 rings (SSSR count). The maximum Gasteiger partial charge on any atom is 0.341 e. The Morgan fingerprint density at radius 1 is 1.04 bits per heavy atom. The van der Waals surface area contributed by atoms with E-state index in [0.29, 0.717) is 16.1 Å². The van der Waals surface area contributed by atoms with Crippen molar-refractivity contribution in [1.82, 2.24) is 0 Å². The number of carbonyl (C=O) groups excluding carboxylic acids is 2. The van der Waals surface area contributed by atoms with Gasteiger partial charge in [-0.05, 0) is 36.2 Å². The van der Waals surface area contributed by atoms with Crippen molar-refractivity contribution in [3.63, 3.8) is 0 Å². The Hall–Kier alpha value is -2.66. The third kappa shape index (κ3) is 2.78. The topological polar surface area (TPSA) is 55.4 Å². The number of hydrogen-bond donors (Lipinski definition) is 1. The van der Waals surface area contributed by atoms with E-state index in [0.717, 1.165) is 21.2 Å². The number of thiophene rings is 1. The zero-order valence-electron chi connectivity index (χ0n) is 13.7. The van der Waals surface area contributed by atoms with Crippen LogP contribution in [0.1, 0.15) is 31.2 Å². The van der Waals surface area contributed by atoms with E-state index in [2.05, 4.69) is 5.32 Å². The van der Waals surface area contributed by atoms with Crippen LogP contribution in [0.2, 0.25) is 0 Å². The highest BCUT2D eigenvalue weighted by atomic mass is 32.1. The lowest BCUT2D eigenvalue weighted by atomic mass is 10.0. The number of aryl methyl sites for hydroxylation is 1. The molecule has 0 radical (unpaired) electrons. The smallest absolute Gasteiger partial charge is 0.341 e. The molecule has 1 aromatic heterocycles. The molecular weight excluding hydrogens is 322 g/mol. The normalized spacial score (nSPS) is 10.6. The van der Waals surface area contributed by atoms with E-state index in [4.69, 9.17) is 4.74 Å². The average Bonchev–Trinajstić information content (AvgIpc) is 2.87. The number of amides is 1. The number of benzene rings is 2. The van der Waals surface area contributed by atoms with Gasteiger partial charge >= 0.3 is 5.97 Å². The molecule has 5 heteroatoms. The maximum atomic E-state index is 12.8. The van der Waals surface area contributed by atoms with Gasteiger partial charge in [-0.15, -0.1) is 11.3 Å². The number of fused-ring (bicyclic) bond motifs is 1. The summed E-state index contributed by atoms with van der Waals surface area (Å²) in [4.78, 5) is 25.8.